The largest absolute Gasteiger partial charge is 0.456 e. The lowest BCUT2D eigenvalue weighted by Gasteiger charge is -2.22. The van der Waals surface area contributed by atoms with Gasteiger partial charge in [0.15, 0.2) is 11.6 Å². The van der Waals surface area contributed by atoms with Gasteiger partial charge in [-0.25, -0.2) is 4.98 Å². The van der Waals surface area contributed by atoms with Gasteiger partial charge in [0.1, 0.15) is 11.2 Å². The Balaban J connectivity index is 1.02. The summed E-state index contributed by atoms with van der Waals surface area (Å²) in [6, 6.07) is 69.1. The highest BCUT2D eigenvalue weighted by Crippen LogP contribution is 2.50. The maximum Gasteiger partial charge on any atom is 0.238 e. The summed E-state index contributed by atoms with van der Waals surface area (Å²) in [4.78, 5) is 15.8. The van der Waals surface area contributed by atoms with Gasteiger partial charge in [-0.15, -0.1) is 0 Å². The molecule has 0 aliphatic heterocycles. The highest BCUT2D eigenvalue weighted by molar-refractivity contribution is 6.23. The molecule has 0 saturated carbocycles. The number of rotatable bonds is 5. The van der Waals surface area contributed by atoms with Crippen LogP contribution in [0.3, 0.4) is 0 Å². The summed E-state index contributed by atoms with van der Waals surface area (Å²) in [7, 11) is 0. The molecule has 1 aliphatic carbocycles. The summed E-state index contributed by atoms with van der Waals surface area (Å²) in [5.41, 5.74) is 15.4. The first-order valence-corrected chi connectivity index (χ1v) is 21.5. The second-order valence-corrected chi connectivity index (χ2v) is 17.2. The minimum Gasteiger partial charge on any atom is -0.456 e. The minimum atomic E-state index is -0.0649. The summed E-state index contributed by atoms with van der Waals surface area (Å²) in [6.45, 7) is 4.68. The molecule has 0 amide bonds. The lowest BCUT2D eigenvalue weighted by atomic mass is 9.81. The van der Waals surface area contributed by atoms with Crippen LogP contribution in [0.2, 0.25) is 0 Å². The third kappa shape index (κ3) is 5.39. The molecule has 9 aromatic carbocycles. The fourth-order valence-corrected chi connectivity index (χ4v) is 10.2. The van der Waals surface area contributed by atoms with Crippen molar-refractivity contribution < 1.29 is 4.42 Å². The van der Waals surface area contributed by atoms with Gasteiger partial charge in [-0.2, -0.15) is 9.97 Å². The van der Waals surface area contributed by atoms with Gasteiger partial charge in [-0.05, 0) is 80.0 Å². The molecule has 3 aromatic heterocycles. The average Bonchev–Trinajstić information content (AvgIpc) is 3.97. The van der Waals surface area contributed by atoms with E-state index in [9.17, 15) is 0 Å². The van der Waals surface area contributed by atoms with Gasteiger partial charge in [0.2, 0.25) is 5.95 Å². The molecule has 3 heterocycles. The second kappa shape index (κ2) is 13.4. The van der Waals surface area contributed by atoms with Crippen LogP contribution >= 0.6 is 0 Å². The Morgan fingerprint density at radius 3 is 1.94 bits per heavy atom. The Morgan fingerprint density at radius 2 is 1.06 bits per heavy atom. The lowest BCUT2D eigenvalue weighted by Crippen LogP contribution is -2.14. The Hall–Kier alpha value is -8.15. The molecule has 0 fully saturated rings. The predicted octanol–water partition coefficient (Wildman–Crippen LogP) is 15.0. The highest BCUT2D eigenvalue weighted by Gasteiger charge is 2.35. The van der Waals surface area contributed by atoms with Crippen LogP contribution in [-0.4, -0.2) is 19.5 Å². The number of benzene rings is 9. The summed E-state index contributed by atoms with van der Waals surface area (Å²) in [5.74, 6) is 1.71. The third-order valence-corrected chi connectivity index (χ3v) is 13.3. The van der Waals surface area contributed by atoms with Crippen molar-refractivity contribution in [2.45, 2.75) is 19.3 Å². The Kier molecular flexibility index (Phi) is 7.58. The number of para-hydroxylation sites is 2. The average molecular weight is 807 g/mol. The number of fused-ring (bicyclic) bond motifs is 11. The number of hydrogen-bond acceptors (Lipinski definition) is 4. The molecular formula is C58H38N4O. The number of furan rings is 1. The number of nitrogens with zero attached hydrogens (tertiary/aromatic N) is 4. The molecule has 0 N–H and O–H groups in total. The van der Waals surface area contributed by atoms with Crippen molar-refractivity contribution in [3.8, 4) is 62.1 Å². The van der Waals surface area contributed by atoms with Crippen LogP contribution in [0.5, 0.6) is 0 Å². The first kappa shape index (κ1) is 35.6. The molecule has 5 heteroatoms. The van der Waals surface area contributed by atoms with Gasteiger partial charge in [-0.3, -0.25) is 4.57 Å². The molecule has 0 unspecified atom stereocenters. The smallest absolute Gasteiger partial charge is 0.238 e. The van der Waals surface area contributed by atoms with Crippen LogP contribution in [-0.2, 0) is 5.41 Å². The van der Waals surface area contributed by atoms with Crippen molar-refractivity contribution in [2.24, 2.45) is 0 Å². The maximum absolute atomic E-state index is 6.35. The van der Waals surface area contributed by atoms with Crippen LogP contribution in [0, 0.1) is 0 Å². The molecule has 0 bridgehead atoms. The van der Waals surface area contributed by atoms with E-state index in [0.29, 0.717) is 17.6 Å². The van der Waals surface area contributed by atoms with E-state index >= 15 is 0 Å². The standard InChI is InChI=1S/C58H38N4O/c1-58(2)48-21-10-8-17-43(48)44-30-27-39(33-49(44)58)35-23-25-37(26-24-35)42-19-12-20-47-53-41-16-7-6-13-36(41)29-32-50(53)62(54(42)47)57-60-55(38-14-4-3-5-15-38)59-56(61-57)40-28-31-46-45-18-9-11-22-51(45)63-52(46)34-40/h3-34H,1-2H3. The van der Waals surface area contributed by atoms with Crippen LogP contribution in [0.25, 0.3) is 117 Å². The number of hydrogen-bond donors (Lipinski definition) is 0. The predicted molar refractivity (Wildman–Crippen MR) is 258 cm³/mol. The molecule has 5 nitrogen and oxygen atoms in total. The van der Waals surface area contributed by atoms with E-state index in [2.05, 4.69) is 176 Å². The van der Waals surface area contributed by atoms with Gasteiger partial charge in [-0.1, -0.05) is 178 Å². The normalized spacial score (nSPS) is 13.0. The Bertz CT molecular complexity index is 3820. The molecule has 0 atom stereocenters. The first-order chi connectivity index (χ1) is 31.0. The number of aromatic nitrogens is 4. The highest BCUT2D eigenvalue weighted by atomic mass is 16.3. The SMILES string of the molecule is CC1(C)c2ccccc2-c2ccc(-c3ccc(-c4cccc5c6c7ccccc7ccc6n(-c6nc(-c7ccccc7)nc(-c7ccc8c(c7)oc7ccccc78)n6)c45)cc3)cc21. The van der Waals surface area contributed by atoms with E-state index in [4.69, 9.17) is 19.4 Å². The van der Waals surface area contributed by atoms with Gasteiger partial charge in [0, 0.05) is 43.7 Å². The molecule has 0 spiro atoms. The summed E-state index contributed by atoms with van der Waals surface area (Å²) >= 11 is 0. The molecule has 12 aromatic rings. The van der Waals surface area contributed by atoms with E-state index in [1.807, 2.05) is 36.4 Å². The summed E-state index contributed by atoms with van der Waals surface area (Å²) < 4.78 is 8.60. The molecule has 13 rings (SSSR count). The van der Waals surface area contributed by atoms with Crippen molar-refractivity contribution in [3.05, 3.63) is 205 Å². The zero-order valence-electron chi connectivity index (χ0n) is 34.7. The van der Waals surface area contributed by atoms with Crippen molar-refractivity contribution in [1.29, 1.82) is 0 Å². The maximum atomic E-state index is 6.35. The van der Waals surface area contributed by atoms with Gasteiger partial charge >= 0.3 is 0 Å². The topological polar surface area (TPSA) is 56.7 Å². The Labute approximate surface area is 363 Å². The second-order valence-electron chi connectivity index (χ2n) is 17.2. The van der Waals surface area contributed by atoms with Gasteiger partial charge in [0.25, 0.3) is 0 Å². The van der Waals surface area contributed by atoms with Crippen LogP contribution in [0.1, 0.15) is 25.0 Å². The van der Waals surface area contributed by atoms with Crippen LogP contribution < -0.4 is 0 Å². The lowest BCUT2D eigenvalue weighted by molar-refractivity contribution is 0.660. The molecular weight excluding hydrogens is 769 g/mol. The van der Waals surface area contributed by atoms with E-state index in [1.165, 1.54) is 44.2 Å². The van der Waals surface area contributed by atoms with Crippen LogP contribution in [0.4, 0.5) is 0 Å². The summed E-state index contributed by atoms with van der Waals surface area (Å²) in [5, 5.41) is 6.80. The Morgan fingerprint density at radius 1 is 0.413 bits per heavy atom. The molecule has 0 saturated heterocycles. The monoisotopic (exact) mass is 806 g/mol. The molecule has 1 aliphatic rings. The zero-order valence-corrected chi connectivity index (χ0v) is 34.7. The third-order valence-electron chi connectivity index (χ3n) is 13.3. The quantitative estimate of drug-likeness (QED) is 0.174. The van der Waals surface area contributed by atoms with Gasteiger partial charge < -0.3 is 4.42 Å². The molecule has 296 valence electrons. The summed E-state index contributed by atoms with van der Waals surface area (Å²) in [6.07, 6.45) is 0. The van der Waals surface area contributed by atoms with Crippen LogP contribution in [0.15, 0.2) is 199 Å². The van der Waals surface area contributed by atoms with Crippen molar-refractivity contribution >= 4 is 54.5 Å². The molecule has 63 heavy (non-hydrogen) atoms. The van der Waals surface area contributed by atoms with E-state index in [0.717, 1.165) is 66.0 Å². The first-order valence-electron chi connectivity index (χ1n) is 21.5. The minimum absolute atomic E-state index is 0.0649. The van der Waals surface area contributed by atoms with Crippen molar-refractivity contribution in [3.63, 3.8) is 0 Å². The van der Waals surface area contributed by atoms with Crippen molar-refractivity contribution in [2.75, 3.05) is 0 Å². The van der Waals surface area contributed by atoms with Gasteiger partial charge in [0.05, 0.1) is 11.0 Å². The van der Waals surface area contributed by atoms with E-state index in [1.54, 1.807) is 0 Å². The zero-order chi connectivity index (χ0) is 41.8. The fourth-order valence-electron chi connectivity index (χ4n) is 10.2. The van der Waals surface area contributed by atoms with E-state index < -0.39 is 0 Å². The van der Waals surface area contributed by atoms with Crippen molar-refractivity contribution in [1.82, 2.24) is 19.5 Å². The van der Waals surface area contributed by atoms with E-state index in [-0.39, 0.29) is 5.41 Å². The fraction of sp³-hybridized carbons (Fsp3) is 0.0517. The molecule has 0 radical (unpaired) electrons.